The van der Waals surface area contributed by atoms with E-state index in [2.05, 4.69) is 32.2 Å². The zero-order valence-electron chi connectivity index (χ0n) is 87.8. The molecule has 0 bridgehead atoms. The third kappa shape index (κ3) is 39.4. The van der Waals surface area contributed by atoms with E-state index in [1.54, 1.807) is 29.7 Å². The number of likely N-dealkylation sites (N-methyl/N-ethyl adjacent to an activating group) is 1. The van der Waals surface area contributed by atoms with Crippen LogP contribution in [0.3, 0.4) is 0 Å². The number of hydrogen-bond acceptors (Lipinski definition) is 21. The van der Waals surface area contributed by atoms with Crippen molar-refractivity contribution in [3.8, 4) is 0 Å². The molecule has 6 unspecified atom stereocenters. The molecule has 36 heteroatoms. The number of benzene rings is 9. The number of aliphatic hydroxyl groups excluding tert-OH is 3. The minimum atomic E-state index is -4.01. The average molecular weight is 2080 g/mol. The van der Waals surface area contributed by atoms with Gasteiger partial charge in [0.05, 0.1) is 70.4 Å². The Kier molecular flexibility index (Phi) is 51.4. The van der Waals surface area contributed by atoms with Crippen LogP contribution in [-0.2, 0) is 83.0 Å². The molecule has 798 valence electrons. The monoisotopic (exact) mass is 2080 g/mol. The first-order valence-corrected chi connectivity index (χ1v) is 54.9. The molecule has 9 N–H and O–H groups in total. The van der Waals surface area contributed by atoms with E-state index in [-0.39, 0.29) is 142 Å². The summed E-state index contributed by atoms with van der Waals surface area (Å²) in [6, 6.07) is 65.5. The molecule has 0 aliphatic rings. The first-order chi connectivity index (χ1) is 70.2. The molecule has 9 rings (SSSR count). The van der Waals surface area contributed by atoms with E-state index in [1.807, 2.05) is 244 Å². The lowest BCUT2D eigenvalue weighted by molar-refractivity contribution is -0.127. The number of carbonyl (C=O) groups is 9. The number of amides is 9. The van der Waals surface area contributed by atoms with Crippen molar-refractivity contribution >= 4 is 83.2 Å². The number of rotatable bonds is 57. The predicted molar refractivity (Wildman–Crippen MR) is 574 cm³/mol. The fraction of sp³-hybridized carbons (Fsp3) is 0.432. The number of nitrogens with zero attached hydrogens (tertiary/aromatic N) is 9. The van der Waals surface area contributed by atoms with Gasteiger partial charge in [0.2, 0.25) is 47.8 Å². The molecule has 0 heterocycles. The van der Waals surface area contributed by atoms with Gasteiger partial charge in [-0.1, -0.05) is 251 Å². The smallest absolute Gasteiger partial charge is 0.253 e. The molecule has 0 spiro atoms. The maximum absolute atomic E-state index is 14.0. The first-order valence-electron chi connectivity index (χ1n) is 50.6. The van der Waals surface area contributed by atoms with Crippen LogP contribution in [0.2, 0.25) is 0 Å². The average Bonchev–Trinajstić information content (AvgIpc) is 0.795. The van der Waals surface area contributed by atoms with Crippen LogP contribution in [0.1, 0.15) is 216 Å². The van der Waals surface area contributed by atoms with Crippen molar-refractivity contribution in [3.63, 3.8) is 0 Å². The lowest BCUT2D eigenvalue weighted by Crippen LogP contribution is -2.53. The molecule has 0 aliphatic carbocycles. The summed E-state index contributed by atoms with van der Waals surface area (Å²) in [5, 5.41) is 48.4. The first kappa shape index (κ1) is 122. The Morgan fingerprint density at radius 1 is 0.272 bits per heavy atom. The number of hydrogen-bond donors (Lipinski definition) is 9. The van der Waals surface area contributed by atoms with Gasteiger partial charge in [0, 0.05) is 154 Å². The molecular formula is C111H153N15O18S3. The number of unbranched alkanes of at least 4 members (excludes halogenated alkanes) is 1. The molecule has 147 heavy (non-hydrogen) atoms. The van der Waals surface area contributed by atoms with Gasteiger partial charge < -0.3 is 46.0 Å². The highest BCUT2D eigenvalue weighted by Gasteiger charge is 2.35. The third-order valence-corrected chi connectivity index (χ3v) is 29.4. The summed E-state index contributed by atoms with van der Waals surface area (Å²) in [6.07, 6.45) is 4.52. The van der Waals surface area contributed by atoms with Crippen LogP contribution in [0.4, 0.5) is 0 Å². The van der Waals surface area contributed by atoms with Crippen molar-refractivity contribution in [2.24, 2.45) is 0 Å². The number of aliphatic hydroxyl groups is 3. The Bertz CT molecular complexity index is 5990. The van der Waals surface area contributed by atoms with Crippen LogP contribution in [0.25, 0.3) is 0 Å². The van der Waals surface area contributed by atoms with E-state index in [4.69, 9.17) is 0 Å². The highest BCUT2D eigenvalue weighted by Crippen LogP contribution is 2.27. The van der Waals surface area contributed by atoms with Gasteiger partial charge >= 0.3 is 0 Å². The molecule has 6 atom stereocenters. The van der Waals surface area contributed by atoms with Gasteiger partial charge in [-0.3, -0.25) is 59.4 Å². The van der Waals surface area contributed by atoms with E-state index in [1.165, 1.54) is 96.9 Å². The van der Waals surface area contributed by atoms with Crippen molar-refractivity contribution in [2.75, 3.05) is 121 Å². The van der Waals surface area contributed by atoms with Crippen molar-refractivity contribution in [1.29, 1.82) is 0 Å². The largest absolute Gasteiger partial charge is 0.390 e. The molecule has 0 saturated heterocycles. The van der Waals surface area contributed by atoms with Gasteiger partial charge in [-0.15, -0.1) is 0 Å². The van der Waals surface area contributed by atoms with Crippen molar-refractivity contribution in [3.05, 3.63) is 303 Å². The van der Waals surface area contributed by atoms with Crippen LogP contribution in [0.15, 0.2) is 251 Å². The van der Waals surface area contributed by atoms with Crippen molar-refractivity contribution in [2.45, 2.75) is 210 Å². The molecule has 9 aromatic rings. The Hall–Kier alpha value is -12.3. The summed E-state index contributed by atoms with van der Waals surface area (Å²) < 4.78 is 82.6. The Labute approximate surface area is 870 Å². The molecule has 33 nitrogen and oxygen atoms in total. The minimum Gasteiger partial charge on any atom is -0.390 e. The molecule has 0 aliphatic heterocycles. The van der Waals surface area contributed by atoms with E-state index in [9.17, 15) is 83.7 Å². The SMILES string of the molecule is CCCCN(CC(O)C(Cc1ccccc1)NC(=O)c1cc(C(=O)N(CCC)CCC)cc(S(=O)(=O)N(C)C)c1)NC(=O)Cc1ccccc1.CCCN(CC(O)C(Cc1ccccc1)NC(=O)c1cc(C(=O)N(CCC)CCC)cc(S(=O)(=O)N(C)C)c1)NC(=O)Cc1ccccc1.CCCN(CCC)C(=O)c1cc(C(=O)NC(Cc2ccccc2)C(O)CN(CC)NC(=O)Cc2ccccc2)cc(S(=O)(=O)N(C)C)c1. The van der Waals surface area contributed by atoms with E-state index in [0.717, 1.165) is 97.7 Å². The van der Waals surface area contributed by atoms with Gasteiger partial charge in [-0.2, -0.15) is 0 Å². The molecule has 9 amide bonds. The molecule has 0 fully saturated rings. The second-order valence-electron chi connectivity index (χ2n) is 36.9. The number of carbonyl (C=O) groups excluding carboxylic acids is 9. The summed E-state index contributed by atoms with van der Waals surface area (Å²) in [6.45, 7) is 21.9. The van der Waals surface area contributed by atoms with Gasteiger partial charge in [0.15, 0.2) is 0 Å². The normalized spacial score (nSPS) is 12.8. The second kappa shape index (κ2) is 62.1. The number of nitrogens with one attached hydrogen (secondary N) is 6. The lowest BCUT2D eigenvalue weighted by Gasteiger charge is -2.30. The van der Waals surface area contributed by atoms with Crippen molar-refractivity contribution in [1.82, 2.24) is 74.9 Å². The highest BCUT2D eigenvalue weighted by atomic mass is 32.2. The van der Waals surface area contributed by atoms with Crippen LogP contribution in [-0.4, -0.2) is 294 Å². The highest BCUT2D eigenvalue weighted by molar-refractivity contribution is 7.89. The third-order valence-electron chi connectivity index (χ3n) is 24.0. The molecular weight excluding hydrogens is 1930 g/mol. The summed E-state index contributed by atoms with van der Waals surface area (Å²) >= 11 is 0. The standard InChI is InChI=1S/C38H53N5O6S.C37H51N5O6S.C36H49N5O6S/c1-6-9-22-43(40-36(45)24-30-18-14-11-15-19-30)28-35(44)34(23-29-16-12-10-13-17-29)39-37(46)31-25-32(38(47)42(20-7-2)21-8-3)27-33(26-31)50(48,49)41(4)5;1-6-19-41(20-7-2)37(46)31-24-30(25-32(26-31)49(47,48)40(4)5)36(45)38-33(22-28-15-11-9-12-16-28)34(43)27-42(21-8-3)39-35(44)23-29-17-13-10-14-18-29;1-6-19-40(20-7-2)36(45)30-23-29(24-31(25-30)48(46,47)39(4)5)35(44)37-32(21-27-15-11-9-12-16-27)33(42)26-41(8-3)38-34(43)22-28-17-13-10-14-18-28/h10-19,25-27,34-35,44H,6-9,20-24,28H2,1-5H3,(H,39,46)(H,40,45);9-18,24-26,33-34,43H,6-8,19-23,27H2,1-5H3,(H,38,45)(H,39,44);9-18,23-25,32-33,42H,6-8,19-22,26H2,1-5H3,(H,37,44)(H,38,43). The second-order valence-corrected chi connectivity index (χ2v) is 43.3. The molecule has 0 aromatic heterocycles. The van der Waals surface area contributed by atoms with E-state index < -0.39 is 84.2 Å². The number of hydrazine groups is 3. The fourth-order valence-electron chi connectivity index (χ4n) is 16.3. The van der Waals surface area contributed by atoms with Crippen molar-refractivity contribution < 1.29 is 83.7 Å². The number of sulfonamides is 3. The Morgan fingerprint density at radius 3 is 0.714 bits per heavy atom. The van der Waals surface area contributed by atoms with Gasteiger partial charge in [0.25, 0.3) is 35.4 Å². The molecule has 0 saturated carbocycles. The van der Waals surface area contributed by atoms with Crippen LogP contribution in [0.5, 0.6) is 0 Å². The Balaban J connectivity index is 0.000000299. The minimum absolute atomic E-state index is 0.0105. The summed E-state index contributed by atoms with van der Waals surface area (Å²) in [7, 11) is -3.69. The van der Waals surface area contributed by atoms with Gasteiger partial charge in [-0.25, -0.2) is 53.2 Å². The summed E-state index contributed by atoms with van der Waals surface area (Å²) in [4.78, 5) is 126. The van der Waals surface area contributed by atoms with Gasteiger partial charge in [0.1, 0.15) is 0 Å². The van der Waals surface area contributed by atoms with Crippen LogP contribution in [0, 0.1) is 0 Å². The summed E-state index contributed by atoms with van der Waals surface area (Å²) in [5.41, 5.74) is 14.0. The zero-order valence-corrected chi connectivity index (χ0v) is 90.2. The van der Waals surface area contributed by atoms with E-state index >= 15 is 0 Å². The van der Waals surface area contributed by atoms with Crippen LogP contribution >= 0.6 is 0 Å². The quantitative estimate of drug-likeness (QED) is 0.0160. The predicted octanol–water partition coefficient (Wildman–Crippen LogP) is 11.7. The van der Waals surface area contributed by atoms with Crippen LogP contribution < -0.4 is 32.2 Å². The molecule has 0 radical (unpaired) electrons. The molecule has 9 aromatic carbocycles. The maximum Gasteiger partial charge on any atom is 0.253 e. The zero-order chi connectivity index (χ0) is 108. The van der Waals surface area contributed by atoms with Gasteiger partial charge in [-0.05, 0) is 159 Å². The fourth-order valence-corrected chi connectivity index (χ4v) is 19.2. The summed E-state index contributed by atoms with van der Waals surface area (Å²) in [5.74, 6) is -3.71. The maximum atomic E-state index is 14.0. The topological polar surface area (TPSA) is 418 Å². The Morgan fingerprint density at radius 2 is 0.490 bits per heavy atom. The lowest BCUT2D eigenvalue weighted by atomic mass is 10.00. The van der Waals surface area contributed by atoms with E-state index in [0.29, 0.717) is 65.3 Å².